The van der Waals surface area contributed by atoms with Crippen LogP contribution in [0.2, 0.25) is 0 Å². The summed E-state index contributed by atoms with van der Waals surface area (Å²) >= 11 is 0. The molecule has 4 aliphatic rings. The molecular formula is C46H66N2O8-2. The van der Waals surface area contributed by atoms with Gasteiger partial charge in [0.1, 0.15) is 47.4 Å². The van der Waals surface area contributed by atoms with Crippen LogP contribution in [0.4, 0.5) is 0 Å². The van der Waals surface area contributed by atoms with Crippen LogP contribution in [0.1, 0.15) is 128 Å². The smallest absolute Gasteiger partial charge is 0.131 e. The lowest BCUT2D eigenvalue weighted by atomic mass is 9.98. The number of nitrogens with zero attached hydrogens (tertiary/aromatic N) is 2. The Kier molecular flexibility index (Phi) is 17.6. The normalized spacial score (nSPS) is 17.6. The van der Waals surface area contributed by atoms with Gasteiger partial charge < -0.3 is 38.7 Å². The van der Waals surface area contributed by atoms with Crippen molar-refractivity contribution in [3.63, 3.8) is 0 Å². The number of hydrogen-bond donors (Lipinski definition) is 0. The third-order valence-corrected chi connectivity index (χ3v) is 10.5. The maximum Gasteiger partial charge on any atom is 0.131 e. The summed E-state index contributed by atoms with van der Waals surface area (Å²) in [7, 11) is 0. The van der Waals surface area contributed by atoms with E-state index in [0.29, 0.717) is 0 Å². The number of rotatable bonds is 16. The van der Waals surface area contributed by atoms with E-state index < -0.39 is 11.9 Å². The summed E-state index contributed by atoms with van der Waals surface area (Å²) in [5, 5.41) is 17.9. The molecule has 0 atom stereocenters. The van der Waals surface area contributed by atoms with E-state index in [0.717, 1.165) is 62.1 Å². The van der Waals surface area contributed by atoms with Gasteiger partial charge in [-0.2, -0.15) is 0 Å². The Balaban J connectivity index is 0.000000217. The molecule has 0 bridgehead atoms. The highest BCUT2D eigenvalue weighted by Gasteiger charge is 2.25. The number of benzene rings is 2. The molecule has 6 rings (SSSR count). The topological polar surface area (TPSA) is 124 Å². The Hall–Kier alpha value is -4.02. The third-order valence-electron chi connectivity index (χ3n) is 10.5. The average molecular weight is 775 g/mol. The number of ether oxygens (including phenoxy) is 4. The largest absolute Gasteiger partial charge is 0.543 e. The van der Waals surface area contributed by atoms with Gasteiger partial charge in [-0.25, -0.2) is 0 Å². The summed E-state index contributed by atoms with van der Waals surface area (Å²) < 4.78 is 24.7. The minimum atomic E-state index is -2.19. The van der Waals surface area contributed by atoms with E-state index in [1.807, 2.05) is 0 Å². The van der Waals surface area contributed by atoms with Gasteiger partial charge in [0.2, 0.25) is 0 Å². The number of unbranched alkanes of at least 4 members (excludes halogenated alkanes) is 4. The molecule has 0 saturated carbocycles. The van der Waals surface area contributed by atoms with Crippen molar-refractivity contribution in [3.05, 3.63) is 58.7 Å². The highest BCUT2D eigenvalue weighted by Crippen LogP contribution is 2.38. The fourth-order valence-corrected chi connectivity index (χ4v) is 7.28. The summed E-state index contributed by atoms with van der Waals surface area (Å²) in [5.41, 5.74) is 4.51. The molecule has 0 aliphatic carbocycles. The minimum Gasteiger partial charge on any atom is -0.543 e. The molecule has 2 fully saturated rings. The van der Waals surface area contributed by atoms with Crippen LogP contribution in [0.15, 0.2) is 36.4 Å². The molecular weight excluding hydrogens is 709 g/mol. The Bertz CT molecular complexity index is 1500. The summed E-state index contributed by atoms with van der Waals surface area (Å²) in [4.78, 5) is 22.8. The van der Waals surface area contributed by atoms with Crippen molar-refractivity contribution in [1.82, 2.24) is 9.80 Å². The van der Waals surface area contributed by atoms with Gasteiger partial charge in [-0.05, 0) is 141 Å². The van der Waals surface area contributed by atoms with E-state index in [-0.39, 0.29) is 11.2 Å². The maximum absolute atomic E-state index is 8.93. The van der Waals surface area contributed by atoms with Crippen molar-refractivity contribution in [2.24, 2.45) is 0 Å². The summed E-state index contributed by atoms with van der Waals surface area (Å²) in [5.74, 6) is -0.448. The number of hydrogen-bond acceptors (Lipinski definition) is 10. The number of carbonyl (C=O) groups is 2. The lowest BCUT2D eigenvalue weighted by Crippen LogP contribution is -2.42. The van der Waals surface area contributed by atoms with Crippen molar-refractivity contribution in [2.45, 2.75) is 130 Å². The van der Waals surface area contributed by atoms with Crippen LogP contribution in [-0.4, -0.2) is 85.4 Å². The second-order valence-electron chi connectivity index (χ2n) is 16.4. The van der Waals surface area contributed by atoms with Crippen molar-refractivity contribution < 1.29 is 38.7 Å². The van der Waals surface area contributed by atoms with E-state index in [4.69, 9.17) is 38.7 Å². The lowest BCUT2D eigenvalue weighted by Gasteiger charge is -2.29. The van der Waals surface area contributed by atoms with E-state index in [1.165, 1.54) is 113 Å². The monoisotopic (exact) mass is 774 g/mol. The van der Waals surface area contributed by atoms with Crippen LogP contribution in [0.25, 0.3) is 12.2 Å². The Morgan fingerprint density at radius 1 is 0.625 bits per heavy atom. The molecule has 2 saturated heterocycles. The number of fused-ring (bicyclic) bond motifs is 2. The average Bonchev–Trinajstić information content (AvgIpc) is 3.87. The van der Waals surface area contributed by atoms with Crippen LogP contribution < -0.4 is 29.2 Å². The van der Waals surface area contributed by atoms with Crippen LogP contribution in [0.5, 0.6) is 23.0 Å². The van der Waals surface area contributed by atoms with Crippen molar-refractivity contribution in [3.8, 4) is 23.0 Å². The molecule has 0 N–H and O–H groups in total. The first-order valence-electron chi connectivity index (χ1n) is 21.0. The van der Waals surface area contributed by atoms with Gasteiger partial charge in [0.05, 0.1) is 11.9 Å². The molecule has 4 heterocycles. The molecule has 0 unspecified atom stereocenters. The summed E-state index contributed by atoms with van der Waals surface area (Å²) in [6.45, 7) is 21.3. The van der Waals surface area contributed by atoms with Gasteiger partial charge in [0.15, 0.2) is 0 Å². The molecule has 2 aromatic carbocycles. The van der Waals surface area contributed by atoms with E-state index in [9.17, 15) is 0 Å². The Morgan fingerprint density at radius 2 is 1.00 bits per heavy atom. The number of likely N-dealkylation sites (tertiary alicyclic amines) is 2. The molecule has 10 nitrogen and oxygen atoms in total. The van der Waals surface area contributed by atoms with Crippen LogP contribution in [-0.2, 0) is 22.4 Å². The SMILES string of the molecule is CCCCCc1cc2c(cc1OCCN1CCCC1)OC(C)(C)C=C2.CCCCCc1cc2c(cc1OCCN1CCCC1)OC(C)(C)C=C2.O=C([O-])C(=O)[O-]. The second-order valence-corrected chi connectivity index (χ2v) is 16.4. The van der Waals surface area contributed by atoms with Crippen LogP contribution in [0.3, 0.4) is 0 Å². The fourth-order valence-electron chi connectivity index (χ4n) is 7.28. The van der Waals surface area contributed by atoms with Crippen LogP contribution in [0, 0.1) is 0 Å². The molecule has 56 heavy (non-hydrogen) atoms. The summed E-state index contributed by atoms with van der Waals surface area (Å²) in [6, 6.07) is 8.77. The van der Waals surface area contributed by atoms with E-state index in [1.54, 1.807) is 0 Å². The maximum atomic E-state index is 8.93. The Morgan fingerprint density at radius 3 is 1.34 bits per heavy atom. The number of aryl methyl sites for hydroxylation is 2. The lowest BCUT2D eigenvalue weighted by molar-refractivity contribution is -0.345. The zero-order valence-corrected chi connectivity index (χ0v) is 34.9. The molecule has 0 amide bonds. The quantitative estimate of drug-likeness (QED) is 0.136. The second kappa shape index (κ2) is 22.1. The predicted octanol–water partition coefficient (Wildman–Crippen LogP) is 6.64. The van der Waals surface area contributed by atoms with E-state index in [2.05, 4.69) is 99.9 Å². The standard InChI is InChI=1S/2C22H33NO2.C2H2O4/c2*1-4-5-6-9-18-16-19-10-11-22(2,3)25-21(19)17-20(18)24-15-14-23-12-7-8-13-23;3-1(4)2(5)6/h2*10-11,16-17H,4-9,12-15H2,1-3H3;(H,3,4)(H,5,6)/p-2. The van der Waals surface area contributed by atoms with E-state index >= 15 is 0 Å². The van der Waals surface area contributed by atoms with Crippen molar-refractivity contribution >= 4 is 24.1 Å². The molecule has 4 aliphatic heterocycles. The van der Waals surface area contributed by atoms with Gasteiger partial charge in [-0.1, -0.05) is 51.7 Å². The number of carboxylic acids is 2. The fraction of sp³-hybridized carbons (Fsp3) is 0.609. The predicted molar refractivity (Wildman–Crippen MR) is 219 cm³/mol. The first-order chi connectivity index (χ1) is 26.8. The number of carboxylic acid groups (broad SMARTS) is 2. The summed E-state index contributed by atoms with van der Waals surface area (Å²) in [6.07, 6.45) is 23.6. The van der Waals surface area contributed by atoms with Crippen LogP contribution >= 0.6 is 0 Å². The van der Waals surface area contributed by atoms with Gasteiger partial charge >= 0.3 is 0 Å². The number of aliphatic carboxylic acids is 2. The molecule has 310 valence electrons. The highest BCUT2D eigenvalue weighted by atomic mass is 16.5. The molecule has 0 radical (unpaired) electrons. The molecule has 0 spiro atoms. The molecule has 10 heteroatoms. The first kappa shape index (κ1) is 44.7. The minimum absolute atomic E-state index is 0.246. The van der Waals surface area contributed by atoms with Gasteiger partial charge in [0, 0.05) is 36.3 Å². The van der Waals surface area contributed by atoms with Crippen molar-refractivity contribution in [2.75, 3.05) is 52.5 Å². The highest BCUT2D eigenvalue weighted by molar-refractivity contribution is 6.25. The first-order valence-corrected chi connectivity index (χ1v) is 21.0. The van der Waals surface area contributed by atoms with Gasteiger partial charge in [-0.15, -0.1) is 0 Å². The Labute approximate surface area is 335 Å². The number of carbonyl (C=O) groups excluding carboxylic acids is 2. The van der Waals surface area contributed by atoms with Gasteiger partial charge in [0.25, 0.3) is 0 Å². The molecule has 0 aromatic heterocycles. The van der Waals surface area contributed by atoms with Gasteiger partial charge in [-0.3, -0.25) is 9.80 Å². The third kappa shape index (κ3) is 14.8. The zero-order valence-electron chi connectivity index (χ0n) is 34.9. The zero-order chi connectivity index (χ0) is 40.6. The molecule has 2 aromatic rings. The van der Waals surface area contributed by atoms with Crippen molar-refractivity contribution in [1.29, 1.82) is 0 Å².